The molecule has 0 aromatic carbocycles. The van der Waals surface area contributed by atoms with E-state index in [2.05, 4.69) is 34.2 Å². The predicted octanol–water partition coefficient (Wildman–Crippen LogP) is 4.50. The van der Waals surface area contributed by atoms with Crippen molar-refractivity contribution in [2.75, 3.05) is 0 Å². The van der Waals surface area contributed by atoms with E-state index in [1.165, 1.54) is 0 Å². The number of hydrogen-bond donors (Lipinski definition) is 0. The molecule has 3 nitrogen and oxygen atoms in total. The minimum absolute atomic E-state index is 0. The zero-order valence-electron chi connectivity index (χ0n) is 13.5. The highest BCUT2D eigenvalue weighted by Gasteiger charge is 2.17. The van der Waals surface area contributed by atoms with Gasteiger partial charge in [-0.3, -0.25) is 9.99 Å². The molecule has 120 valence electrons. The molecule has 3 heteroatoms. The molecule has 0 amide bonds. The zero-order chi connectivity index (χ0) is 16.1. The van der Waals surface area contributed by atoms with Gasteiger partial charge in [-0.1, -0.05) is 25.5 Å². The van der Waals surface area contributed by atoms with Gasteiger partial charge in [0.1, 0.15) is 6.04 Å². The van der Waals surface area contributed by atoms with Crippen LogP contribution in [0, 0.1) is 26.2 Å². The number of aromatic nitrogens is 1. The summed E-state index contributed by atoms with van der Waals surface area (Å²) in [6, 6.07) is 3.97. The van der Waals surface area contributed by atoms with Gasteiger partial charge in [0.25, 0.3) is 0 Å². The minimum Gasteiger partial charge on any atom is -0.258 e. The van der Waals surface area contributed by atoms with Crippen LogP contribution in [0.2, 0.25) is 0 Å². The number of hydrazone groups is 1. The molecule has 23 heavy (non-hydrogen) atoms. The molecule has 0 spiro atoms. The SMILES string of the molecule is C.C#CC1C=C(/C(=C/C)c2ccc(C)nc2C)C=CN1/N=C\C. The van der Waals surface area contributed by atoms with Crippen LogP contribution in [0.15, 0.2) is 47.2 Å². The summed E-state index contributed by atoms with van der Waals surface area (Å²) < 4.78 is 0. The van der Waals surface area contributed by atoms with Crippen molar-refractivity contribution in [3.8, 4) is 12.3 Å². The average Bonchev–Trinajstić information content (AvgIpc) is 2.51. The molecule has 0 aliphatic carbocycles. The summed E-state index contributed by atoms with van der Waals surface area (Å²) in [7, 11) is 0. The summed E-state index contributed by atoms with van der Waals surface area (Å²) in [5.74, 6) is 2.76. The fourth-order valence-corrected chi connectivity index (χ4v) is 2.55. The van der Waals surface area contributed by atoms with Crippen molar-refractivity contribution >= 4 is 11.8 Å². The van der Waals surface area contributed by atoms with Gasteiger partial charge in [-0.15, -0.1) is 6.42 Å². The Hall–Kier alpha value is -2.60. The number of terminal acetylenes is 1. The fourth-order valence-electron chi connectivity index (χ4n) is 2.55. The van der Waals surface area contributed by atoms with Gasteiger partial charge in [0, 0.05) is 29.4 Å². The monoisotopic (exact) mass is 307 g/mol. The summed E-state index contributed by atoms with van der Waals surface area (Å²) in [6.45, 7) is 7.94. The van der Waals surface area contributed by atoms with Crippen molar-refractivity contribution in [3.63, 3.8) is 0 Å². The molecular weight excluding hydrogens is 282 g/mol. The van der Waals surface area contributed by atoms with Crippen LogP contribution in [0.1, 0.15) is 38.2 Å². The van der Waals surface area contributed by atoms with Crippen molar-refractivity contribution < 1.29 is 0 Å². The fraction of sp³-hybridized carbons (Fsp3) is 0.300. The maximum Gasteiger partial charge on any atom is 0.131 e. The van der Waals surface area contributed by atoms with E-state index < -0.39 is 0 Å². The van der Waals surface area contributed by atoms with Crippen LogP contribution in [0.4, 0.5) is 0 Å². The number of rotatable bonds is 3. The van der Waals surface area contributed by atoms with Crippen LogP contribution in [-0.2, 0) is 0 Å². The third-order valence-corrected chi connectivity index (χ3v) is 3.56. The van der Waals surface area contributed by atoms with Gasteiger partial charge in [0.15, 0.2) is 0 Å². The Morgan fingerprint density at radius 2 is 2.09 bits per heavy atom. The summed E-state index contributed by atoms with van der Waals surface area (Å²) in [5, 5.41) is 6.03. The van der Waals surface area contributed by atoms with E-state index in [1.54, 1.807) is 11.2 Å². The van der Waals surface area contributed by atoms with Crippen molar-refractivity contribution in [3.05, 3.63) is 59.1 Å². The lowest BCUT2D eigenvalue weighted by Gasteiger charge is -2.24. The first-order chi connectivity index (χ1) is 10.6. The van der Waals surface area contributed by atoms with Crippen molar-refractivity contribution in [2.24, 2.45) is 5.10 Å². The van der Waals surface area contributed by atoms with E-state index in [1.807, 2.05) is 46.0 Å². The maximum absolute atomic E-state index is 5.64. The second-order valence-corrected chi connectivity index (χ2v) is 5.09. The Kier molecular flexibility index (Phi) is 6.53. The lowest BCUT2D eigenvalue weighted by molar-refractivity contribution is 0.387. The number of hydrogen-bond acceptors (Lipinski definition) is 3. The van der Waals surface area contributed by atoms with Crippen molar-refractivity contribution in [2.45, 2.75) is 41.2 Å². The molecule has 0 bridgehead atoms. The highest BCUT2D eigenvalue weighted by Crippen LogP contribution is 2.29. The first kappa shape index (κ1) is 18.4. The number of pyridine rings is 1. The van der Waals surface area contributed by atoms with Gasteiger partial charge in [0.05, 0.1) is 0 Å². The van der Waals surface area contributed by atoms with E-state index in [9.17, 15) is 0 Å². The maximum atomic E-state index is 5.64. The second-order valence-electron chi connectivity index (χ2n) is 5.09. The Morgan fingerprint density at radius 1 is 1.35 bits per heavy atom. The Balaban J connectivity index is 0.00000264. The highest BCUT2D eigenvalue weighted by atomic mass is 15.5. The molecule has 1 unspecified atom stereocenters. The lowest BCUT2D eigenvalue weighted by Crippen LogP contribution is -2.25. The molecule has 0 saturated carbocycles. The van der Waals surface area contributed by atoms with E-state index in [0.29, 0.717) is 0 Å². The van der Waals surface area contributed by atoms with Crippen molar-refractivity contribution in [1.29, 1.82) is 0 Å². The molecular formula is C20H25N3. The normalized spacial score (nSPS) is 17.7. The first-order valence-electron chi connectivity index (χ1n) is 7.35. The van der Waals surface area contributed by atoms with Crippen LogP contribution in [0.5, 0.6) is 0 Å². The number of aryl methyl sites for hydroxylation is 2. The largest absolute Gasteiger partial charge is 0.258 e. The topological polar surface area (TPSA) is 28.5 Å². The zero-order valence-corrected chi connectivity index (χ0v) is 13.5. The van der Waals surface area contributed by atoms with Crippen LogP contribution in [-0.4, -0.2) is 22.2 Å². The van der Waals surface area contributed by atoms with Gasteiger partial charge < -0.3 is 0 Å². The molecule has 0 N–H and O–H groups in total. The third-order valence-electron chi connectivity index (χ3n) is 3.56. The summed E-state index contributed by atoms with van der Waals surface area (Å²) in [5.41, 5.74) is 5.42. The molecule has 0 saturated heterocycles. The second kappa shape index (κ2) is 8.14. The van der Waals surface area contributed by atoms with Crippen molar-refractivity contribution in [1.82, 2.24) is 9.99 Å². The van der Waals surface area contributed by atoms with Gasteiger partial charge in [-0.05, 0) is 57.1 Å². The third kappa shape index (κ3) is 3.98. The van der Waals surface area contributed by atoms with E-state index >= 15 is 0 Å². The molecule has 0 radical (unpaired) electrons. The summed E-state index contributed by atoms with van der Waals surface area (Å²) >= 11 is 0. The standard InChI is InChI=1S/C19H21N3.CH4/c1-6-17-13-16(11-12-22(17)20-8-3)18(7-2)19-10-9-14(4)21-15(19)5;/h1,7-13,17H,2-5H3;1H4/b18-7-,20-8-;. The van der Waals surface area contributed by atoms with E-state index in [0.717, 1.165) is 28.1 Å². The van der Waals surface area contributed by atoms with Crippen LogP contribution >= 0.6 is 0 Å². The highest BCUT2D eigenvalue weighted by molar-refractivity contribution is 5.83. The summed E-state index contributed by atoms with van der Waals surface area (Å²) in [6.07, 6.45) is 15.5. The summed E-state index contributed by atoms with van der Waals surface area (Å²) in [4.78, 5) is 4.55. The number of nitrogens with zero attached hydrogens (tertiary/aromatic N) is 3. The van der Waals surface area contributed by atoms with E-state index in [-0.39, 0.29) is 13.5 Å². The molecule has 1 aromatic heterocycles. The Bertz CT molecular complexity index is 715. The molecule has 1 aliphatic heterocycles. The predicted molar refractivity (Wildman–Crippen MR) is 99.9 cm³/mol. The molecule has 2 heterocycles. The Labute approximate surface area is 140 Å². The van der Waals surface area contributed by atoms with Crippen LogP contribution in [0.3, 0.4) is 0 Å². The Morgan fingerprint density at radius 3 is 2.65 bits per heavy atom. The van der Waals surface area contributed by atoms with Gasteiger partial charge in [-0.25, -0.2) is 0 Å². The molecule has 1 aliphatic rings. The van der Waals surface area contributed by atoms with E-state index in [4.69, 9.17) is 6.42 Å². The molecule has 1 atom stereocenters. The van der Waals surface area contributed by atoms with Gasteiger partial charge in [-0.2, -0.15) is 5.10 Å². The van der Waals surface area contributed by atoms with Crippen LogP contribution < -0.4 is 0 Å². The molecule has 1 aromatic rings. The minimum atomic E-state index is -0.176. The van der Waals surface area contributed by atoms with Gasteiger partial charge in [0.2, 0.25) is 0 Å². The number of allylic oxidation sites excluding steroid dienone is 4. The average molecular weight is 307 g/mol. The molecule has 0 fully saturated rings. The quantitative estimate of drug-likeness (QED) is 0.607. The van der Waals surface area contributed by atoms with Crippen LogP contribution in [0.25, 0.3) is 5.57 Å². The molecule has 2 rings (SSSR count). The smallest absolute Gasteiger partial charge is 0.131 e. The first-order valence-corrected chi connectivity index (χ1v) is 7.35. The lowest BCUT2D eigenvalue weighted by atomic mass is 9.93. The van der Waals surface area contributed by atoms with Gasteiger partial charge >= 0.3 is 0 Å².